The van der Waals surface area contributed by atoms with Crippen LogP contribution in [0.4, 0.5) is 10.1 Å². The lowest BCUT2D eigenvalue weighted by atomic mass is 10.2. The molecule has 4 heteroatoms. The Kier molecular flexibility index (Phi) is 1.30. The average Bonchev–Trinajstić information content (AvgIpc) is 2.31. The standard InChI is InChI=1S/C8H8FN3/c1-12-8(9)6-4-5(10)2-3-7(6)11-12/h2-4H,10H2,1H3. The molecule has 2 N–H and O–H groups in total. The van der Waals surface area contributed by atoms with Gasteiger partial charge < -0.3 is 5.73 Å². The van der Waals surface area contributed by atoms with E-state index in [0.717, 1.165) is 0 Å². The Morgan fingerprint density at radius 2 is 2.25 bits per heavy atom. The van der Waals surface area contributed by atoms with E-state index in [0.29, 0.717) is 16.6 Å². The minimum Gasteiger partial charge on any atom is -0.399 e. The van der Waals surface area contributed by atoms with E-state index < -0.39 is 0 Å². The number of hydrogen-bond donors (Lipinski definition) is 1. The van der Waals surface area contributed by atoms with Crippen LogP contribution in [0, 0.1) is 5.95 Å². The van der Waals surface area contributed by atoms with Gasteiger partial charge >= 0.3 is 0 Å². The SMILES string of the molecule is Cn1nc2ccc(N)cc2c1F. The number of aryl methyl sites for hydroxylation is 1. The Labute approximate surface area is 68.6 Å². The molecule has 0 radical (unpaired) electrons. The lowest BCUT2D eigenvalue weighted by Crippen LogP contribution is -1.92. The first kappa shape index (κ1) is 7.09. The topological polar surface area (TPSA) is 43.8 Å². The number of hydrogen-bond acceptors (Lipinski definition) is 2. The maximum atomic E-state index is 13.2. The summed E-state index contributed by atoms with van der Waals surface area (Å²) in [6, 6.07) is 4.99. The average molecular weight is 165 g/mol. The first-order valence-electron chi connectivity index (χ1n) is 3.56. The van der Waals surface area contributed by atoms with Gasteiger partial charge in [-0.3, -0.25) is 0 Å². The zero-order valence-electron chi connectivity index (χ0n) is 6.58. The normalized spacial score (nSPS) is 10.8. The molecule has 1 aromatic carbocycles. The first-order chi connectivity index (χ1) is 5.68. The molecule has 0 bridgehead atoms. The van der Waals surface area contributed by atoms with Crippen LogP contribution in [0.2, 0.25) is 0 Å². The third kappa shape index (κ3) is 0.845. The molecule has 0 spiro atoms. The number of nitrogens with zero attached hydrogens (tertiary/aromatic N) is 2. The van der Waals surface area contributed by atoms with Gasteiger partial charge in [0.1, 0.15) is 0 Å². The minimum absolute atomic E-state index is 0.350. The maximum Gasteiger partial charge on any atom is 0.219 e. The number of aromatic nitrogens is 2. The van der Waals surface area contributed by atoms with Crippen LogP contribution in [0.5, 0.6) is 0 Å². The van der Waals surface area contributed by atoms with Gasteiger partial charge in [0.25, 0.3) is 0 Å². The fraction of sp³-hybridized carbons (Fsp3) is 0.125. The number of fused-ring (bicyclic) bond motifs is 1. The molecule has 0 atom stereocenters. The zero-order valence-corrected chi connectivity index (χ0v) is 6.58. The Bertz CT molecular complexity index is 433. The quantitative estimate of drug-likeness (QED) is 0.598. The van der Waals surface area contributed by atoms with E-state index in [2.05, 4.69) is 5.10 Å². The van der Waals surface area contributed by atoms with Crippen LogP contribution in [-0.2, 0) is 7.05 Å². The first-order valence-corrected chi connectivity index (χ1v) is 3.56. The van der Waals surface area contributed by atoms with Gasteiger partial charge in [0.05, 0.1) is 10.9 Å². The molecule has 62 valence electrons. The second-order valence-electron chi connectivity index (χ2n) is 2.69. The van der Waals surface area contributed by atoms with Crippen molar-refractivity contribution < 1.29 is 4.39 Å². The van der Waals surface area contributed by atoms with Gasteiger partial charge in [-0.2, -0.15) is 9.49 Å². The van der Waals surface area contributed by atoms with Gasteiger partial charge in [-0.1, -0.05) is 0 Å². The van der Waals surface area contributed by atoms with Crippen molar-refractivity contribution in [2.24, 2.45) is 7.05 Å². The number of nitrogens with two attached hydrogens (primary N) is 1. The van der Waals surface area contributed by atoms with Crippen molar-refractivity contribution in [1.29, 1.82) is 0 Å². The lowest BCUT2D eigenvalue weighted by Gasteiger charge is -1.90. The summed E-state index contributed by atoms with van der Waals surface area (Å²) < 4.78 is 14.4. The summed E-state index contributed by atoms with van der Waals surface area (Å²) in [6.45, 7) is 0. The zero-order chi connectivity index (χ0) is 8.72. The summed E-state index contributed by atoms with van der Waals surface area (Å²) in [6.07, 6.45) is 0. The molecular weight excluding hydrogens is 157 g/mol. The van der Waals surface area contributed by atoms with Crippen LogP contribution in [0.1, 0.15) is 0 Å². The van der Waals surface area contributed by atoms with E-state index in [4.69, 9.17) is 5.73 Å². The van der Waals surface area contributed by atoms with Gasteiger partial charge in [0, 0.05) is 12.7 Å². The van der Waals surface area contributed by atoms with Crippen LogP contribution in [0.25, 0.3) is 10.9 Å². The number of benzene rings is 1. The molecule has 0 unspecified atom stereocenters. The van der Waals surface area contributed by atoms with Gasteiger partial charge in [-0.15, -0.1) is 0 Å². The minimum atomic E-state index is -0.350. The Morgan fingerprint density at radius 1 is 1.50 bits per heavy atom. The highest BCUT2D eigenvalue weighted by molar-refractivity contribution is 5.81. The lowest BCUT2D eigenvalue weighted by molar-refractivity contribution is 0.512. The van der Waals surface area contributed by atoms with E-state index in [9.17, 15) is 4.39 Å². The van der Waals surface area contributed by atoms with E-state index in [1.165, 1.54) is 4.68 Å². The number of halogens is 1. The second kappa shape index (κ2) is 2.20. The Hall–Kier alpha value is -1.58. The molecule has 12 heavy (non-hydrogen) atoms. The highest BCUT2D eigenvalue weighted by Crippen LogP contribution is 2.18. The Morgan fingerprint density at radius 3 is 3.00 bits per heavy atom. The molecule has 2 rings (SSSR count). The summed E-state index contributed by atoms with van der Waals surface area (Å²) in [7, 11) is 1.56. The molecule has 0 fully saturated rings. The van der Waals surface area contributed by atoms with Gasteiger partial charge in [0.15, 0.2) is 0 Å². The van der Waals surface area contributed by atoms with Crippen molar-refractivity contribution in [3.63, 3.8) is 0 Å². The van der Waals surface area contributed by atoms with Gasteiger partial charge in [0.2, 0.25) is 5.95 Å². The highest BCUT2D eigenvalue weighted by Gasteiger charge is 2.06. The van der Waals surface area contributed by atoms with Crippen LogP contribution < -0.4 is 5.73 Å². The molecule has 1 aromatic heterocycles. The van der Waals surface area contributed by atoms with Crippen LogP contribution in [-0.4, -0.2) is 9.78 Å². The molecular formula is C8H8FN3. The van der Waals surface area contributed by atoms with Crippen LogP contribution in [0.15, 0.2) is 18.2 Å². The predicted octanol–water partition coefficient (Wildman–Crippen LogP) is 1.29. The van der Waals surface area contributed by atoms with E-state index >= 15 is 0 Å². The maximum absolute atomic E-state index is 13.2. The smallest absolute Gasteiger partial charge is 0.219 e. The number of nitrogen functional groups attached to an aromatic ring is 1. The van der Waals surface area contributed by atoms with E-state index in [-0.39, 0.29) is 5.95 Å². The van der Waals surface area contributed by atoms with Crippen molar-refractivity contribution in [2.45, 2.75) is 0 Å². The summed E-state index contributed by atoms with van der Waals surface area (Å²) >= 11 is 0. The number of rotatable bonds is 0. The van der Waals surface area contributed by atoms with Crippen molar-refractivity contribution in [1.82, 2.24) is 9.78 Å². The van der Waals surface area contributed by atoms with E-state index in [1.54, 1.807) is 25.2 Å². The molecule has 0 saturated heterocycles. The van der Waals surface area contributed by atoms with Crippen molar-refractivity contribution in [3.05, 3.63) is 24.1 Å². The molecule has 0 aliphatic heterocycles. The Balaban J connectivity index is 2.88. The molecule has 2 aromatic rings. The predicted molar refractivity (Wildman–Crippen MR) is 45.1 cm³/mol. The van der Waals surface area contributed by atoms with Crippen LogP contribution in [0.3, 0.4) is 0 Å². The summed E-state index contributed by atoms with van der Waals surface area (Å²) in [5.41, 5.74) is 6.68. The van der Waals surface area contributed by atoms with Gasteiger partial charge in [-0.05, 0) is 18.2 Å². The number of anilines is 1. The molecule has 0 amide bonds. The summed E-state index contributed by atoms with van der Waals surface area (Å²) in [4.78, 5) is 0. The van der Waals surface area contributed by atoms with Gasteiger partial charge in [-0.25, -0.2) is 4.68 Å². The van der Waals surface area contributed by atoms with Crippen molar-refractivity contribution >= 4 is 16.6 Å². The molecule has 0 aliphatic rings. The monoisotopic (exact) mass is 165 g/mol. The van der Waals surface area contributed by atoms with E-state index in [1.807, 2.05) is 0 Å². The highest BCUT2D eigenvalue weighted by atomic mass is 19.1. The summed E-state index contributed by atoms with van der Waals surface area (Å²) in [5.74, 6) is -0.350. The third-order valence-electron chi connectivity index (χ3n) is 1.78. The third-order valence-corrected chi connectivity index (χ3v) is 1.78. The molecule has 1 heterocycles. The fourth-order valence-corrected chi connectivity index (χ4v) is 1.19. The second-order valence-corrected chi connectivity index (χ2v) is 2.69. The fourth-order valence-electron chi connectivity index (χ4n) is 1.19. The molecule has 0 aliphatic carbocycles. The largest absolute Gasteiger partial charge is 0.399 e. The van der Waals surface area contributed by atoms with Crippen molar-refractivity contribution in [3.8, 4) is 0 Å². The van der Waals surface area contributed by atoms with Crippen molar-refractivity contribution in [2.75, 3.05) is 5.73 Å². The molecule has 3 nitrogen and oxygen atoms in total. The summed E-state index contributed by atoms with van der Waals surface area (Å²) in [5, 5.41) is 4.41. The van der Waals surface area contributed by atoms with Crippen LogP contribution >= 0.6 is 0 Å². The molecule has 0 saturated carbocycles.